The number of hydrogen-bond donors (Lipinski definition) is 0. The fourth-order valence-electron chi connectivity index (χ4n) is 2.32. The zero-order chi connectivity index (χ0) is 21.6. The molecule has 1 saturated heterocycles. The maximum atomic E-state index is 13.8. The van der Waals surface area contributed by atoms with Gasteiger partial charge < -0.3 is 4.74 Å². The van der Waals surface area contributed by atoms with E-state index in [2.05, 4.69) is 0 Å². The van der Waals surface area contributed by atoms with Crippen molar-refractivity contribution in [1.82, 2.24) is 4.90 Å². The summed E-state index contributed by atoms with van der Waals surface area (Å²) >= 11 is 0. The summed E-state index contributed by atoms with van der Waals surface area (Å²) in [5, 5.41) is 0. The normalized spacial score (nSPS) is 20.0. The average molecular weight is 417 g/mol. The first kappa shape index (κ1) is 23.3. The van der Waals surface area contributed by atoms with Crippen LogP contribution in [-0.4, -0.2) is 58.9 Å². The lowest BCUT2D eigenvalue weighted by atomic mass is 9.95. The van der Waals surface area contributed by atoms with Gasteiger partial charge in [0.2, 0.25) is 5.78 Å². The lowest BCUT2D eigenvalue weighted by Gasteiger charge is -2.35. The minimum absolute atomic E-state index is 0.146. The molecular formula is C14H16F9NO3. The van der Waals surface area contributed by atoms with Crippen molar-refractivity contribution >= 4 is 11.9 Å². The third-order valence-corrected chi connectivity index (χ3v) is 3.64. The largest absolute Gasteiger partial charge is 0.460 e. The number of hydrogen-bond acceptors (Lipinski definition) is 3. The molecule has 0 saturated carbocycles. The quantitative estimate of drug-likeness (QED) is 0.637. The van der Waals surface area contributed by atoms with Crippen molar-refractivity contribution in [2.24, 2.45) is 0 Å². The van der Waals surface area contributed by atoms with E-state index in [4.69, 9.17) is 4.74 Å². The van der Waals surface area contributed by atoms with Gasteiger partial charge >= 0.3 is 30.0 Å². The Bertz CT molecular complexity index is 596. The van der Waals surface area contributed by atoms with Crippen molar-refractivity contribution in [3.8, 4) is 0 Å². The highest BCUT2D eigenvalue weighted by Crippen LogP contribution is 2.54. The number of carbonyl (C=O) groups excluding carboxylic acids is 2. The first-order valence-corrected chi connectivity index (χ1v) is 7.51. The van der Waals surface area contributed by atoms with Gasteiger partial charge in [0.15, 0.2) is 0 Å². The van der Waals surface area contributed by atoms with Crippen LogP contribution >= 0.6 is 0 Å². The number of amides is 1. The van der Waals surface area contributed by atoms with Crippen LogP contribution in [0.3, 0.4) is 0 Å². The molecule has 27 heavy (non-hydrogen) atoms. The number of ether oxygens (including phenoxy) is 1. The molecule has 4 nitrogen and oxygen atoms in total. The fourth-order valence-corrected chi connectivity index (χ4v) is 2.32. The van der Waals surface area contributed by atoms with Gasteiger partial charge in [-0.3, -0.25) is 9.69 Å². The van der Waals surface area contributed by atoms with Gasteiger partial charge in [-0.25, -0.2) is 4.79 Å². The van der Waals surface area contributed by atoms with E-state index in [1.165, 1.54) is 20.8 Å². The number of Topliss-reactive ketones (excluding diaryl/α,β-unsaturated/α-hetero) is 1. The molecule has 158 valence electrons. The van der Waals surface area contributed by atoms with Gasteiger partial charge in [0, 0.05) is 6.54 Å². The lowest BCUT2D eigenvalue weighted by Crippen LogP contribution is -2.65. The van der Waals surface area contributed by atoms with Gasteiger partial charge in [-0.05, 0) is 33.6 Å². The molecule has 1 amide bonds. The molecule has 1 rings (SSSR count). The fraction of sp³-hybridized carbons (Fsp3) is 0.857. The smallest absolute Gasteiger partial charge is 0.444 e. The molecule has 1 atom stereocenters. The third kappa shape index (κ3) is 4.10. The summed E-state index contributed by atoms with van der Waals surface area (Å²) < 4.78 is 121. The second-order valence-corrected chi connectivity index (χ2v) is 6.92. The Morgan fingerprint density at radius 2 is 1.37 bits per heavy atom. The molecule has 1 aliphatic heterocycles. The molecule has 1 heterocycles. The van der Waals surface area contributed by atoms with Gasteiger partial charge in [-0.2, -0.15) is 39.5 Å². The summed E-state index contributed by atoms with van der Waals surface area (Å²) in [6, 6.07) is -2.33. The number of halogens is 9. The predicted molar refractivity (Wildman–Crippen MR) is 71.9 cm³/mol. The van der Waals surface area contributed by atoms with E-state index in [-0.39, 0.29) is 6.42 Å². The number of nitrogens with zero attached hydrogens (tertiary/aromatic N) is 1. The first-order chi connectivity index (χ1) is 11.8. The Labute approximate surface area is 147 Å². The summed E-state index contributed by atoms with van der Waals surface area (Å²) in [7, 11) is 0. The SMILES string of the molecule is CC(C)(C)OC(=O)N1CCC[C@H]1C(=O)C(F)(F)C(F)(F)C(F)(F)C(F)(F)F. The summed E-state index contributed by atoms with van der Waals surface area (Å²) in [4.78, 5) is 24.0. The van der Waals surface area contributed by atoms with E-state index >= 15 is 0 Å². The molecule has 0 aliphatic carbocycles. The Morgan fingerprint density at radius 1 is 0.889 bits per heavy atom. The molecule has 0 N–H and O–H groups in total. The van der Waals surface area contributed by atoms with Crippen molar-refractivity contribution in [2.75, 3.05) is 6.54 Å². The highest BCUT2D eigenvalue weighted by atomic mass is 19.4. The van der Waals surface area contributed by atoms with Crippen molar-refractivity contribution < 1.29 is 53.8 Å². The molecule has 0 aromatic carbocycles. The van der Waals surface area contributed by atoms with E-state index < -0.39 is 60.4 Å². The standard InChI is InChI=1S/C14H16F9NO3/c1-10(2,3)27-9(26)24-6-4-5-7(24)8(25)11(15,16)12(17,18)13(19,20)14(21,22)23/h7H,4-6H2,1-3H3/t7-/m0/s1. The maximum Gasteiger partial charge on any atom is 0.460 e. The molecule has 1 aliphatic rings. The summed E-state index contributed by atoms with van der Waals surface area (Å²) in [5.41, 5.74) is -1.16. The maximum absolute atomic E-state index is 13.8. The van der Waals surface area contributed by atoms with E-state index in [0.717, 1.165) is 0 Å². The van der Waals surface area contributed by atoms with E-state index in [1.54, 1.807) is 0 Å². The Kier molecular flexibility index (Phi) is 5.82. The number of rotatable bonds is 4. The van der Waals surface area contributed by atoms with Gasteiger partial charge in [-0.15, -0.1) is 0 Å². The van der Waals surface area contributed by atoms with E-state index in [9.17, 15) is 49.1 Å². The zero-order valence-corrected chi connectivity index (χ0v) is 14.3. The lowest BCUT2D eigenvalue weighted by molar-refractivity contribution is -0.388. The van der Waals surface area contributed by atoms with Crippen molar-refractivity contribution in [1.29, 1.82) is 0 Å². The number of ketones is 1. The van der Waals surface area contributed by atoms with Crippen LogP contribution < -0.4 is 0 Å². The predicted octanol–water partition coefficient (Wildman–Crippen LogP) is 4.42. The van der Waals surface area contributed by atoms with Gasteiger partial charge in [0.25, 0.3) is 0 Å². The highest BCUT2D eigenvalue weighted by Gasteiger charge is 2.84. The Hall–Kier alpha value is -1.69. The third-order valence-electron chi connectivity index (χ3n) is 3.64. The van der Waals surface area contributed by atoms with Crippen LogP contribution in [0, 0.1) is 0 Å². The second-order valence-electron chi connectivity index (χ2n) is 6.92. The first-order valence-electron chi connectivity index (χ1n) is 7.51. The van der Waals surface area contributed by atoms with Crippen LogP contribution in [0.15, 0.2) is 0 Å². The van der Waals surface area contributed by atoms with Crippen molar-refractivity contribution in [2.45, 2.75) is 69.2 Å². The minimum Gasteiger partial charge on any atom is -0.444 e. The molecule has 13 heteroatoms. The molecule has 0 radical (unpaired) electrons. The highest BCUT2D eigenvalue weighted by molar-refractivity contribution is 5.94. The van der Waals surface area contributed by atoms with E-state index in [0.29, 0.717) is 4.90 Å². The van der Waals surface area contributed by atoms with Crippen LogP contribution in [0.1, 0.15) is 33.6 Å². The second kappa shape index (κ2) is 6.73. The summed E-state index contributed by atoms with van der Waals surface area (Å²) in [6.07, 6.45) is -9.16. The molecular weight excluding hydrogens is 401 g/mol. The summed E-state index contributed by atoms with van der Waals surface area (Å²) in [6.45, 7) is 3.70. The van der Waals surface area contributed by atoms with Crippen molar-refractivity contribution in [3.05, 3.63) is 0 Å². The Balaban J connectivity index is 3.20. The molecule has 0 unspecified atom stereocenters. The van der Waals surface area contributed by atoms with Crippen LogP contribution in [-0.2, 0) is 9.53 Å². The molecule has 0 spiro atoms. The minimum atomic E-state index is -7.17. The van der Waals surface area contributed by atoms with Crippen LogP contribution in [0.5, 0.6) is 0 Å². The van der Waals surface area contributed by atoms with Crippen molar-refractivity contribution in [3.63, 3.8) is 0 Å². The van der Waals surface area contributed by atoms with Gasteiger partial charge in [0.05, 0.1) is 0 Å². The molecule has 0 bridgehead atoms. The number of likely N-dealkylation sites (tertiary alicyclic amines) is 1. The van der Waals surface area contributed by atoms with Gasteiger partial charge in [-0.1, -0.05) is 0 Å². The number of carbonyl (C=O) groups is 2. The monoisotopic (exact) mass is 417 g/mol. The zero-order valence-electron chi connectivity index (χ0n) is 14.3. The molecule has 0 aromatic heterocycles. The number of alkyl halides is 9. The van der Waals surface area contributed by atoms with E-state index in [1.807, 2.05) is 0 Å². The van der Waals surface area contributed by atoms with Gasteiger partial charge in [0.1, 0.15) is 11.6 Å². The summed E-state index contributed by atoms with van der Waals surface area (Å²) in [5.74, 6) is -23.5. The molecule has 0 aromatic rings. The average Bonchev–Trinajstić information content (AvgIpc) is 2.92. The molecule has 1 fully saturated rings. The topological polar surface area (TPSA) is 46.6 Å². The van der Waals surface area contributed by atoms with Crippen LogP contribution in [0.4, 0.5) is 44.3 Å². The van der Waals surface area contributed by atoms with Crippen LogP contribution in [0.25, 0.3) is 0 Å². The Morgan fingerprint density at radius 3 is 1.78 bits per heavy atom. The van der Waals surface area contributed by atoms with Crippen LogP contribution in [0.2, 0.25) is 0 Å².